The fourth-order valence-electron chi connectivity index (χ4n) is 2.61. The Morgan fingerprint density at radius 1 is 1.21 bits per heavy atom. The van der Waals surface area contributed by atoms with E-state index < -0.39 is 27.1 Å². The third-order valence-electron chi connectivity index (χ3n) is 4.01. The molecule has 0 saturated carbocycles. The first-order valence-corrected chi connectivity index (χ1v) is 11.2. The van der Waals surface area contributed by atoms with Crippen molar-refractivity contribution in [1.29, 1.82) is 0 Å². The van der Waals surface area contributed by atoms with Crippen molar-refractivity contribution in [3.8, 4) is 11.5 Å². The number of rotatable bonds is 9. The van der Waals surface area contributed by atoms with Gasteiger partial charge in [0.2, 0.25) is 0 Å². The van der Waals surface area contributed by atoms with Crippen molar-refractivity contribution in [2.45, 2.75) is 6.42 Å². The summed E-state index contributed by atoms with van der Waals surface area (Å²) in [5.41, 5.74) is 2.20. The Hall–Kier alpha value is -1.82. The molecule has 1 aliphatic rings. The molecule has 0 fully saturated rings. The Morgan fingerprint density at radius 2 is 2.07 bits per heavy atom. The molecule has 3 rings (SSSR count). The molecule has 1 heterocycles. The van der Waals surface area contributed by atoms with Gasteiger partial charge in [-0.3, -0.25) is 0 Å². The number of ether oxygens (including phenoxy) is 2. The number of benzene rings is 2. The third-order valence-corrected chi connectivity index (χ3v) is 5.74. The van der Waals surface area contributed by atoms with E-state index in [1.807, 2.05) is 12.1 Å². The Kier molecular flexibility index (Phi) is 8.16. The van der Waals surface area contributed by atoms with E-state index >= 15 is 0 Å². The van der Waals surface area contributed by atoms with Gasteiger partial charge in [0, 0.05) is 23.9 Å². The van der Waals surface area contributed by atoms with Crippen molar-refractivity contribution in [1.82, 2.24) is 5.32 Å². The maximum atomic E-state index is 13.4. The van der Waals surface area contributed by atoms with E-state index in [1.165, 1.54) is 12.1 Å². The molecule has 0 bridgehead atoms. The first-order valence-electron chi connectivity index (χ1n) is 8.93. The lowest BCUT2D eigenvalue weighted by atomic mass is 10.1. The van der Waals surface area contributed by atoms with Crippen LogP contribution in [0.15, 0.2) is 36.7 Å². The molecule has 0 radical (unpaired) electrons. The maximum absolute atomic E-state index is 13.4. The summed E-state index contributed by atoms with van der Waals surface area (Å²) in [4.78, 5) is 0. The lowest BCUT2D eigenvalue weighted by Gasteiger charge is -2.18. The van der Waals surface area contributed by atoms with E-state index in [-0.39, 0.29) is 11.6 Å². The van der Waals surface area contributed by atoms with Crippen molar-refractivity contribution in [3.63, 3.8) is 0 Å². The summed E-state index contributed by atoms with van der Waals surface area (Å²) in [5.74, 6) is 1.36. The van der Waals surface area contributed by atoms with Crippen molar-refractivity contribution >= 4 is 50.1 Å². The summed E-state index contributed by atoms with van der Waals surface area (Å²) in [7, 11) is 1.59. The zero-order valence-electron chi connectivity index (χ0n) is 15.7. The van der Waals surface area contributed by atoms with Crippen LogP contribution in [0.3, 0.4) is 0 Å². The highest BCUT2D eigenvalue weighted by Crippen LogP contribution is 2.39. The van der Waals surface area contributed by atoms with Gasteiger partial charge >= 0.3 is 0 Å². The topological polar surface area (TPSA) is 87.5 Å². The number of aliphatic hydroxyl groups excluding tert-OH is 1. The summed E-state index contributed by atoms with van der Waals surface area (Å²) in [6.45, 7) is 1.91. The predicted octanol–water partition coefficient (Wildman–Crippen LogP) is 4.41. The number of nitrogens with zero attached hydrogens (tertiary/aromatic N) is 2. The van der Waals surface area contributed by atoms with Gasteiger partial charge in [-0.25, -0.2) is 7.54 Å². The minimum atomic E-state index is -0.757. The van der Waals surface area contributed by atoms with E-state index in [0.717, 1.165) is 24.2 Å². The average Bonchev–Trinajstić information content (AvgIpc) is 2.73. The molecule has 0 unspecified atom stereocenters. The molecule has 0 spiro atoms. The number of halogens is 3. The molecule has 0 amide bonds. The van der Waals surface area contributed by atoms with Crippen LogP contribution in [0.25, 0.3) is 0 Å². The molecule has 7 nitrogen and oxygen atoms in total. The van der Waals surface area contributed by atoms with Gasteiger partial charge < -0.3 is 25.2 Å². The van der Waals surface area contributed by atoms with Crippen LogP contribution in [0, 0.1) is 5.82 Å². The zero-order valence-corrected chi connectivity index (χ0v) is 18.6. The number of amidine groups is 1. The standard InChI is InChI=1S/C19H21ClFIN4O3/c1-28-17-11-16-13(10-18(17)29-8-2-5-23-6-7-27)19(26-22-25-16)24-12-3-4-15(21)14(20)9-12/h3-4,9-11,23,27H,2,5-8H2,1H3,(H,24,25,26). The summed E-state index contributed by atoms with van der Waals surface area (Å²) < 4.78 is 33.8. The van der Waals surface area contributed by atoms with E-state index in [0.29, 0.717) is 36.2 Å². The number of anilines is 1. The van der Waals surface area contributed by atoms with Gasteiger partial charge in [-0.15, -0.1) is 0 Å². The van der Waals surface area contributed by atoms with Crippen LogP contribution >= 0.6 is 32.9 Å². The van der Waals surface area contributed by atoms with Crippen molar-refractivity contribution in [3.05, 3.63) is 46.7 Å². The summed E-state index contributed by atoms with van der Waals surface area (Å²) in [5, 5.41) is 15.1. The highest BCUT2D eigenvalue weighted by molar-refractivity contribution is 14.1. The largest absolute Gasteiger partial charge is 0.493 e. The van der Waals surface area contributed by atoms with Crippen LogP contribution in [0.2, 0.25) is 5.02 Å². The highest BCUT2D eigenvalue weighted by atomic mass is 127. The van der Waals surface area contributed by atoms with Crippen LogP contribution in [0.4, 0.5) is 15.8 Å². The average molecular weight is 535 g/mol. The van der Waals surface area contributed by atoms with Gasteiger partial charge in [0.15, 0.2) is 11.5 Å². The Balaban J connectivity index is 1.76. The molecule has 1 aliphatic heterocycles. The molecule has 156 valence electrons. The predicted molar refractivity (Wildman–Crippen MR) is 121 cm³/mol. The first-order chi connectivity index (χ1) is 14.1. The van der Waals surface area contributed by atoms with E-state index in [2.05, 4.69) is 17.0 Å². The Morgan fingerprint density at radius 3 is 2.83 bits per heavy atom. The smallest absolute Gasteiger partial charge is 0.162 e. The van der Waals surface area contributed by atoms with Crippen LogP contribution in [-0.4, -0.2) is 44.4 Å². The van der Waals surface area contributed by atoms with Crippen LogP contribution in [0.1, 0.15) is 12.0 Å². The molecule has 29 heavy (non-hydrogen) atoms. The van der Waals surface area contributed by atoms with E-state index in [4.69, 9.17) is 26.2 Å². The monoisotopic (exact) mass is 534 g/mol. The summed E-state index contributed by atoms with van der Waals surface area (Å²) >= 11 is 5.12. The second-order valence-electron chi connectivity index (χ2n) is 6.04. The molecule has 2 aromatic rings. The first kappa shape index (κ1) is 21.9. The van der Waals surface area contributed by atoms with Gasteiger partial charge in [-0.05, 0) is 37.2 Å². The number of aliphatic hydroxyl groups is 1. The summed E-state index contributed by atoms with van der Waals surface area (Å²) in [6.07, 6.45) is 0.781. The summed E-state index contributed by atoms with van der Waals surface area (Å²) in [6, 6.07) is 8.11. The molecule has 3 N–H and O–H groups in total. The molecule has 0 aromatic heterocycles. The fourth-order valence-corrected chi connectivity index (χ4v) is 4.12. The third kappa shape index (κ3) is 5.84. The Labute approximate surface area is 183 Å². The molecule has 0 atom stereocenters. The van der Waals surface area contributed by atoms with Gasteiger partial charge in [0.1, 0.15) is 33.0 Å². The number of hydrogen-bond donors (Lipinski definition) is 3. The van der Waals surface area contributed by atoms with Crippen LogP contribution in [-0.2, 0) is 0 Å². The molecule has 2 aromatic carbocycles. The van der Waals surface area contributed by atoms with Gasteiger partial charge in [0.25, 0.3) is 0 Å². The van der Waals surface area contributed by atoms with Gasteiger partial charge in [-0.2, -0.15) is 3.21 Å². The second-order valence-corrected chi connectivity index (χ2v) is 7.85. The van der Waals surface area contributed by atoms with Crippen LogP contribution < -0.4 is 20.1 Å². The molecule has 10 heteroatoms. The number of hydrogen-bond acceptors (Lipinski definition) is 7. The fraction of sp³-hybridized carbons (Fsp3) is 0.316. The van der Waals surface area contributed by atoms with E-state index in [9.17, 15) is 4.39 Å². The van der Waals surface area contributed by atoms with Crippen LogP contribution in [0.5, 0.6) is 11.5 Å². The molecule has 0 saturated heterocycles. The maximum Gasteiger partial charge on any atom is 0.162 e. The zero-order chi connectivity index (χ0) is 20.6. The van der Waals surface area contributed by atoms with Crippen molar-refractivity contribution in [2.24, 2.45) is 6.35 Å². The number of methoxy groups -OCH3 is 1. The lowest BCUT2D eigenvalue weighted by Crippen LogP contribution is -2.21. The minimum absolute atomic E-state index is 0.0413. The van der Waals surface area contributed by atoms with Crippen molar-refractivity contribution < 1.29 is 19.0 Å². The second kappa shape index (κ2) is 10.8. The number of nitrogens with one attached hydrogen (secondary N) is 2. The normalized spacial score (nSPS) is 12.6. The SMILES string of the molecule is COc1cc2c(cc1OCCCNCCO)C(Nc1ccc(F)c(Cl)c1)=NI=N2. The Bertz CT molecular complexity index is 927. The number of fused-ring (bicyclic) bond motifs is 1. The lowest BCUT2D eigenvalue weighted by molar-refractivity contribution is 0.275. The molecular formula is C19H21ClFIN4O3. The van der Waals surface area contributed by atoms with Gasteiger partial charge in [0.05, 0.1) is 31.0 Å². The molecular weight excluding hydrogens is 514 g/mol. The minimum Gasteiger partial charge on any atom is -0.493 e. The molecule has 0 aliphatic carbocycles. The van der Waals surface area contributed by atoms with Crippen molar-refractivity contribution in [2.75, 3.05) is 38.7 Å². The quantitative estimate of drug-likeness (QED) is 0.328. The van der Waals surface area contributed by atoms with Gasteiger partial charge in [-0.1, -0.05) is 11.6 Å². The van der Waals surface area contributed by atoms with E-state index in [1.54, 1.807) is 13.2 Å². The highest BCUT2D eigenvalue weighted by Gasteiger charge is 2.19.